The molecule has 0 fully saturated rings. The second-order valence-electron chi connectivity index (χ2n) is 6.50. The SMILES string of the molecule is Cc1cccc(NC(=S)N[C@H](C)c2nnc3n2CCCCC3)c1C. The lowest BCUT2D eigenvalue weighted by Crippen LogP contribution is -2.32. The van der Waals surface area contributed by atoms with Crippen LogP contribution in [0.3, 0.4) is 0 Å². The number of nitrogens with zero attached hydrogens (tertiary/aromatic N) is 3. The average Bonchev–Trinajstić information content (AvgIpc) is 2.81. The first-order valence-electron chi connectivity index (χ1n) is 8.62. The molecule has 0 amide bonds. The molecule has 0 aliphatic carbocycles. The highest BCUT2D eigenvalue weighted by Crippen LogP contribution is 2.20. The van der Waals surface area contributed by atoms with Crippen LogP contribution in [0.2, 0.25) is 0 Å². The topological polar surface area (TPSA) is 54.8 Å². The molecule has 1 aromatic heterocycles. The number of rotatable bonds is 3. The number of thiocarbonyl (C=S) groups is 1. The van der Waals surface area contributed by atoms with Gasteiger partial charge >= 0.3 is 0 Å². The Labute approximate surface area is 148 Å². The molecule has 0 radical (unpaired) electrons. The minimum Gasteiger partial charge on any atom is -0.353 e. The molecule has 1 aromatic carbocycles. The van der Waals surface area contributed by atoms with Gasteiger partial charge in [-0.25, -0.2) is 0 Å². The van der Waals surface area contributed by atoms with Gasteiger partial charge in [-0.05, 0) is 63.0 Å². The number of hydrogen-bond donors (Lipinski definition) is 2. The van der Waals surface area contributed by atoms with E-state index in [4.69, 9.17) is 12.2 Å². The van der Waals surface area contributed by atoms with E-state index in [-0.39, 0.29) is 6.04 Å². The number of anilines is 1. The number of hydrogen-bond acceptors (Lipinski definition) is 3. The van der Waals surface area contributed by atoms with Crippen molar-refractivity contribution < 1.29 is 0 Å². The fraction of sp³-hybridized carbons (Fsp3) is 0.500. The Balaban J connectivity index is 1.68. The number of aryl methyl sites for hydroxylation is 2. The van der Waals surface area contributed by atoms with Crippen LogP contribution in [0.15, 0.2) is 18.2 Å². The molecule has 5 nitrogen and oxygen atoms in total. The average molecular weight is 344 g/mol. The van der Waals surface area contributed by atoms with Gasteiger partial charge in [0, 0.05) is 18.7 Å². The van der Waals surface area contributed by atoms with E-state index < -0.39 is 0 Å². The maximum Gasteiger partial charge on any atom is 0.171 e. The molecule has 0 saturated carbocycles. The van der Waals surface area contributed by atoms with E-state index in [0.717, 1.165) is 30.3 Å². The fourth-order valence-electron chi connectivity index (χ4n) is 3.13. The van der Waals surface area contributed by atoms with Crippen molar-refractivity contribution >= 4 is 23.0 Å². The Morgan fingerprint density at radius 1 is 1.21 bits per heavy atom. The van der Waals surface area contributed by atoms with Crippen LogP contribution in [0.25, 0.3) is 0 Å². The molecule has 0 unspecified atom stereocenters. The molecular formula is C18H25N5S. The molecule has 24 heavy (non-hydrogen) atoms. The molecule has 2 heterocycles. The molecule has 1 aliphatic heterocycles. The molecule has 0 spiro atoms. The van der Waals surface area contributed by atoms with Gasteiger partial charge in [-0.15, -0.1) is 10.2 Å². The molecule has 128 valence electrons. The first-order valence-corrected chi connectivity index (χ1v) is 9.03. The van der Waals surface area contributed by atoms with Gasteiger partial charge < -0.3 is 15.2 Å². The highest BCUT2D eigenvalue weighted by atomic mass is 32.1. The summed E-state index contributed by atoms with van der Waals surface area (Å²) in [6, 6.07) is 6.21. The first-order chi connectivity index (χ1) is 11.6. The third kappa shape index (κ3) is 3.59. The first kappa shape index (κ1) is 16.9. The van der Waals surface area contributed by atoms with Crippen molar-refractivity contribution in [2.75, 3.05) is 5.32 Å². The third-order valence-corrected chi connectivity index (χ3v) is 4.95. The van der Waals surface area contributed by atoms with Crippen molar-refractivity contribution in [3.63, 3.8) is 0 Å². The maximum atomic E-state index is 5.49. The van der Waals surface area contributed by atoms with Crippen molar-refractivity contribution in [1.29, 1.82) is 0 Å². The van der Waals surface area contributed by atoms with Crippen LogP contribution >= 0.6 is 12.2 Å². The largest absolute Gasteiger partial charge is 0.353 e. The van der Waals surface area contributed by atoms with E-state index in [0.29, 0.717) is 5.11 Å². The van der Waals surface area contributed by atoms with Crippen molar-refractivity contribution in [3.8, 4) is 0 Å². The summed E-state index contributed by atoms with van der Waals surface area (Å²) in [5, 5.41) is 16.0. The van der Waals surface area contributed by atoms with Gasteiger partial charge in [0.15, 0.2) is 10.9 Å². The van der Waals surface area contributed by atoms with Crippen molar-refractivity contribution in [2.24, 2.45) is 0 Å². The smallest absolute Gasteiger partial charge is 0.171 e. The second kappa shape index (κ2) is 7.30. The van der Waals surface area contributed by atoms with Crippen molar-refractivity contribution in [2.45, 2.75) is 59.0 Å². The van der Waals surface area contributed by atoms with E-state index in [1.165, 1.54) is 30.4 Å². The van der Waals surface area contributed by atoms with Crippen LogP contribution in [0.1, 0.15) is 55.0 Å². The highest BCUT2D eigenvalue weighted by Gasteiger charge is 2.19. The fourth-order valence-corrected chi connectivity index (χ4v) is 3.42. The quantitative estimate of drug-likeness (QED) is 0.833. The lowest BCUT2D eigenvalue weighted by Gasteiger charge is -2.19. The van der Waals surface area contributed by atoms with Crippen LogP contribution in [0.5, 0.6) is 0 Å². The Morgan fingerprint density at radius 2 is 2.04 bits per heavy atom. The summed E-state index contributed by atoms with van der Waals surface area (Å²) in [6.07, 6.45) is 4.67. The Kier molecular flexibility index (Phi) is 5.14. The third-order valence-electron chi connectivity index (χ3n) is 4.73. The number of benzene rings is 1. The summed E-state index contributed by atoms with van der Waals surface area (Å²) in [6.45, 7) is 7.29. The highest BCUT2D eigenvalue weighted by molar-refractivity contribution is 7.80. The molecule has 2 aromatic rings. The normalized spacial score (nSPS) is 15.3. The van der Waals surface area contributed by atoms with E-state index in [1.807, 2.05) is 12.1 Å². The number of fused-ring (bicyclic) bond motifs is 1. The molecule has 0 saturated heterocycles. The van der Waals surface area contributed by atoms with E-state index >= 15 is 0 Å². The molecule has 6 heteroatoms. The van der Waals surface area contributed by atoms with Crippen LogP contribution < -0.4 is 10.6 Å². The van der Waals surface area contributed by atoms with Crippen LogP contribution in [-0.4, -0.2) is 19.9 Å². The monoisotopic (exact) mass is 343 g/mol. The van der Waals surface area contributed by atoms with Crippen molar-refractivity contribution in [3.05, 3.63) is 41.0 Å². The van der Waals surface area contributed by atoms with Crippen LogP contribution in [0, 0.1) is 13.8 Å². The summed E-state index contributed by atoms with van der Waals surface area (Å²) in [5.74, 6) is 2.07. The summed E-state index contributed by atoms with van der Waals surface area (Å²) in [5.41, 5.74) is 3.50. The second-order valence-corrected chi connectivity index (χ2v) is 6.91. The summed E-state index contributed by atoms with van der Waals surface area (Å²) in [4.78, 5) is 0. The van der Waals surface area contributed by atoms with Gasteiger partial charge in [-0.1, -0.05) is 18.6 Å². The molecule has 1 atom stereocenters. The Morgan fingerprint density at radius 3 is 2.88 bits per heavy atom. The van der Waals surface area contributed by atoms with Gasteiger partial charge in [0.05, 0.1) is 6.04 Å². The van der Waals surface area contributed by atoms with Gasteiger partial charge in [0.1, 0.15) is 5.82 Å². The van der Waals surface area contributed by atoms with Gasteiger partial charge in [0.2, 0.25) is 0 Å². The van der Waals surface area contributed by atoms with Crippen molar-refractivity contribution in [1.82, 2.24) is 20.1 Å². The van der Waals surface area contributed by atoms with Crippen LogP contribution in [-0.2, 0) is 13.0 Å². The molecular weight excluding hydrogens is 318 g/mol. The predicted molar refractivity (Wildman–Crippen MR) is 101 cm³/mol. The zero-order chi connectivity index (χ0) is 17.1. The molecule has 1 aliphatic rings. The molecule has 2 N–H and O–H groups in total. The van der Waals surface area contributed by atoms with Crippen LogP contribution in [0.4, 0.5) is 5.69 Å². The molecule has 3 rings (SSSR count). The summed E-state index contributed by atoms with van der Waals surface area (Å²) in [7, 11) is 0. The Bertz CT molecular complexity index is 737. The zero-order valence-corrected chi connectivity index (χ0v) is 15.4. The van der Waals surface area contributed by atoms with E-state index in [2.05, 4.69) is 52.2 Å². The summed E-state index contributed by atoms with van der Waals surface area (Å²) < 4.78 is 2.26. The Hall–Kier alpha value is -1.95. The minimum atomic E-state index is 0.0227. The maximum absolute atomic E-state index is 5.49. The van der Waals surface area contributed by atoms with E-state index in [9.17, 15) is 0 Å². The minimum absolute atomic E-state index is 0.0227. The standard InChI is InChI=1S/C18H25N5S/c1-12-8-7-9-15(13(12)2)20-18(24)19-14(3)17-22-21-16-10-5-4-6-11-23(16)17/h7-9,14H,4-6,10-11H2,1-3H3,(H2,19,20,24)/t14-/m1/s1. The van der Waals surface area contributed by atoms with Gasteiger partial charge in [-0.3, -0.25) is 0 Å². The lowest BCUT2D eigenvalue weighted by molar-refractivity contribution is 0.559. The number of nitrogens with one attached hydrogen (secondary N) is 2. The zero-order valence-electron chi connectivity index (χ0n) is 14.6. The van der Waals surface area contributed by atoms with Gasteiger partial charge in [0.25, 0.3) is 0 Å². The van der Waals surface area contributed by atoms with E-state index in [1.54, 1.807) is 0 Å². The predicted octanol–water partition coefficient (Wildman–Crippen LogP) is 3.67. The van der Waals surface area contributed by atoms with Gasteiger partial charge in [-0.2, -0.15) is 0 Å². The lowest BCUT2D eigenvalue weighted by atomic mass is 10.1. The number of aromatic nitrogens is 3. The summed E-state index contributed by atoms with van der Waals surface area (Å²) >= 11 is 5.49. The molecule has 0 bridgehead atoms.